The Bertz CT molecular complexity index is 655. The van der Waals surface area contributed by atoms with Crippen molar-refractivity contribution >= 4 is 45.6 Å². The number of piperidine rings is 1. The molecule has 0 bridgehead atoms. The molecule has 0 saturated carbocycles. The van der Waals surface area contributed by atoms with E-state index >= 15 is 0 Å². The van der Waals surface area contributed by atoms with Gasteiger partial charge in [-0.3, -0.25) is 4.79 Å². The third-order valence-electron chi connectivity index (χ3n) is 3.77. The van der Waals surface area contributed by atoms with Crippen molar-refractivity contribution in [2.24, 2.45) is 0 Å². The number of halogens is 2. The lowest BCUT2D eigenvalue weighted by Crippen LogP contribution is -2.29. The molecule has 1 amide bonds. The second-order valence-electron chi connectivity index (χ2n) is 5.46. The van der Waals surface area contributed by atoms with Gasteiger partial charge in [-0.15, -0.1) is 28.8 Å². The summed E-state index contributed by atoms with van der Waals surface area (Å²) in [5.74, 6) is -0.0929. The number of hydrogen-bond donors (Lipinski definition) is 1. The fourth-order valence-electron chi connectivity index (χ4n) is 2.56. The summed E-state index contributed by atoms with van der Waals surface area (Å²) in [5.41, 5.74) is 0.414. The molecular weight excluding hydrogens is 402 g/mol. The lowest BCUT2D eigenvalue weighted by molar-refractivity contribution is 0.0780. The minimum Gasteiger partial charge on any atom is -0.335 e. The predicted octanol–water partition coefficient (Wildman–Crippen LogP) is 2.72. The molecule has 2 aromatic rings. The first-order valence-corrected chi connectivity index (χ1v) is 8.91. The maximum atomic E-state index is 12.4. The summed E-state index contributed by atoms with van der Waals surface area (Å²) in [7, 11) is 1.79. The van der Waals surface area contributed by atoms with Crippen molar-refractivity contribution in [3.05, 3.63) is 32.7 Å². The van der Waals surface area contributed by atoms with Gasteiger partial charge in [-0.05, 0) is 47.9 Å². The molecule has 1 aliphatic heterocycles. The Kier molecular flexibility index (Phi) is 6.58. The van der Waals surface area contributed by atoms with Gasteiger partial charge < -0.3 is 10.2 Å². The zero-order valence-electron chi connectivity index (χ0n) is 12.7. The van der Waals surface area contributed by atoms with Gasteiger partial charge in [-0.1, -0.05) is 5.21 Å². The molecule has 1 fully saturated rings. The molecule has 0 atom stereocenters. The Hall–Kier alpha value is -0.960. The van der Waals surface area contributed by atoms with Crippen LogP contribution in [0.2, 0.25) is 0 Å². The highest BCUT2D eigenvalue weighted by Gasteiger charge is 2.20. The van der Waals surface area contributed by atoms with E-state index in [0.29, 0.717) is 18.3 Å². The molecule has 3 heterocycles. The maximum Gasteiger partial charge on any atom is 0.276 e. The van der Waals surface area contributed by atoms with E-state index in [2.05, 4.69) is 31.6 Å². The quantitative estimate of drug-likeness (QED) is 0.826. The third kappa shape index (κ3) is 4.53. The van der Waals surface area contributed by atoms with Crippen LogP contribution in [-0.2, 0) is 6.54 Å². The number of rotatable bonds is 4. The standard InChI is InChI=1S/C14H18BrN5OS.ClH/c1-19(7-12-6-10(15)9-22-12)14(21)13-8-20(18-17-13)11-2-4-16-5-3-11;/h6,8-9,11,16H,2-5,7H2,1H3;1H. The lowest BCUT2D eigenvalue weighted by atomic mass is 10.1. The topological polar surface area (TPSA) is 63.1 Å². The molecule has 23 heavy (non-hydrogen) atoms. The number of nitrogens with one attached hydrogen (secondary N) is 1. The average molecular weight is 421 g/mol. The second-order valence-corrected chi connectivity index (χ2v) is 7.37. The number of thiophene rings is 1. The van der Waals surface area contributed by atoms with Crippen molar-refractivity contribution < 1.29 is 4.79 Å². The SMILES string of the molecule is CN(Cc1cc(Br)cs1)C(=O)c1cn(C2CCNCC2)nn1.Cl. The molecule has 0 radical (unpaired) electrons. The molecule has 0 unspecified atom stereocenters. The normalized spacial score (nSPS) is 15.2. The summed E-state index contributed by atoms with van der Waals surface area (Å²) in [6.45, 7) is 2.55. The highest BCUT2D eigenvalue weighted by molar-refractivity contribution is 9.10. The predicted molar refractivity (Wildman–Crippen MR) is 96.2 cm³/mol. The van der Waals surface area contributed by atoms with E-state index in [1.165, 1.54) is 0 Å². The fraction of sp³-hybridized carbons (Fsp3) is 0.500. The average Bonchev–Trinajstić information content (AvgIpc) is 3.17. The summed E-state index contributed by atoms with van der Waals surface area (Å²) in [5, 5.41) is 13.5. The molecular formula is C14H19BrClN5OS. The van der Waals surface area contributed by atoms with Gasteiger partial charge in [0.05, 0.1) is 18.8 Å². The van der Waals surface area contributed by atoms with Gasteiger partial charge in [0.15, 0.2) is 5.69 Å². The second kappa shape index (κ2) is 8.23. The van der Waals surface area contributed by atoms with E-state index in [1.54, 1.807) is 29.5 Å². The molecule has 1 N–H and O–H groups in total. The molecule has 0 aliphatic carbocycles. The van der Waals surface area contributed by atoms with E-state index in [0.717, 1.165) is 35.3 Å². The number of carbonyl (C=O) groups is 1. The van der Waals surface area contributed by atoms with Crippen LogP contribution in [0.25, 0.3) is 0 Å². The van der Waals surface area contributed by atoms with Crippen molar-refractivity contribution in [1.29, 1.82) is 0 Å². The van der Waals surface area contributed by atoms with Crippen LogP contribution in [0, 0.1) is 0 Å². The molecule has 0 aromatic carbocycles. The Morgan fingerprint density at radius 1 is 1.52 bits per heavy atom. The van der Waals surface area contributed by atoms with Gasteiger partial charge >= 0.3 is 0 Å². The zero-order valence-corrected chi connectivity index (χ0v) is 16.0. The van der Waals surface area contributed by atoms with Crippen molar-refractivity contribution in [1.82, 2.24) is 25.2 Å². The first kappa shape index (κ1) is 18.4. The highest BCUT2D eigenvalue weighted by atomic mass is 79.9. The molecule has 6 nitrogen and oxygen atoms in total. The van der Waals surface area contributed by atoms with Crippen molar-refractivity contribution in [2.75, 3.05) is 20.1 Å². The van der Waals surface area contributed by atoms with Gasteiger partial charge in [-0.25, -0.2) is 4.68 Å². The first-order valence-electron chi connectivity index (χ1n) is 7.24. The number of aromatic nitrogens is 3. The number of nitrogens with zero attached hydrogens (tertiary/aromatic N) is 4. The molecule has 0 spiro atoms. The van der Waals surface area contributed by atoms with Gasteiger partial charge in [-0.2, -0.15) is 0 Å². The van der Waals surface area contributed by atoms with E-state index in [9.17, 15) is 4.79 Å². The Balaban J connectivity index is 0.00000192. The number of hydrogen-bond acceptors (Lipinski definition) is 5. The first-order chi connectivity index (χ1) is 10.6. The number of carbonyl (C=O) groups excluding carboxylic acids is 1. The van der Waals surface area contributed by atoms with Crippen LogP contribution in [0.1, 0.15) is 34.2 Å². The molecule has 3 rings (SSSR count). The summed E-state index contributed by atoms with van der Waals surface area (Å²) in [6.07, 6.45) is 3.82. The maximum absolute atomic E-state index is 12.4. The van der Waals surface area contributed by atoms with Crippen LogP contribution in [-0.4, -0.2) is 45.9 Å². The van der Waals surface area contributed by atoms with E-state index in [4.69, 9.17) is 0 Å². The summed E-state index contributed by atoms with van der Waals surface area (Å²) >= 11 is 5.06. The zero-order chi connectivity index (χ0) is 15.5. The smallest absolute Gasteiger partial charge is 0.276 e. The van der Waals surface area contributed by atoms with Crippen LogP contribution in [0.5, 0.6) is 0 Å². The van der Waals surface area contributed by atoms with Gasteiger partial charge in [0.2, 0.25) is 0 Å². The van der Waals surface area contributed by atoms with Crippen LogP contribution < -0.4 is 5.32 Å². The minimum absolute atomic E-state index is 0. The fourth-order valence-corrected chi connectivity index (χ4v) is 4.07. The van der Waals surface area contributed by atoms with Gasteiger partial charge in [0, 0.05) is 21.8 Å². The van der Waals surface area contributed by atoms with Crippen LogP contribution in [0.15, 0.2) is 22.1 Å². The van der Waals surface area contributed by atoms with Crippen LogP contribution >= 0.6 is 39.7 Å². The molecule has 2 aromatic heterocycles. The minimum atomic E-state index is -0.0929. The van der Waals surface area contributed by atoms with Crippen LogP contribution in [0.4, 0.5) is 0 Å². The van der Waals surface area contributed by atoms with Gasteiger partial charge in [0.1, 0.15) is 0 Å². The molecule has 9 heteroatoms. The highest BCUT2D eigenvalue weighted by Crippen LogP contribution is 2.21. The van der Waals surface area contributed by atoms with E-state index < -0.39 is 0 Å². The summed E-state index contributed by atoms with van der Waals surface area (Å²) in [6, 6.07) is 2.37. The summed E-state index contributed by atoms with van der Waals surface area (Å²) < 4.78 is 2.88. The van der Waals surface area contributed by atoms with Crippen molar-refractivity contribution in [3.63, 3.8) is 0 Å². The molecule has 1 aliphatic rings. The Labute approximate surface area is 153 Å². The van der Waals surface area contributed by atoms with Gasteiger partial charge in [0.25, 0.3) is 5.91 Å². The molecule has 126 valence electrons. The number of amides is 1. The molecule has 1 saturated heterocycles. The Morgan fingerprint density at radius 2 is 2.26 bits per heavy atom. The largest absolute Gasteiger partial charge is 0.335 e. The van der Waals surface area contributed by atoms with Crippen LogP contribution in [0.3, 0.4) is 0 Å². The lowest BCUT2D eigenvalue weighted by Gasteiger charge is -2.22. The van der Waals surface area contributed by atoms with Crippen molar-refractivity contribution in [3.8, 4) is 0 Å². The monoisotopic (exact) mass is 419 g/mol. The summed E-state index contributed by atoms with van der Waals surface area (Å²) in [4.78, 5) is 15.3. The van der Waals surface area contributed by atoms with Crippen molar-refractivity contribution in [2.45, 2.75) is 25.4 Å². The van der Waals surface area contributed by atoms with E-state index in [1.807, 2.05) is 16.1 Å². The third-order valence-corrected chi connectivity index (χ3v) is 5.46. The Morgan fingerprint density at radius 3 is 2.91 bits per heavy atom. The van der Waals surface area contributed by atoms with E-state index in [-0.39, 0.29) is 18.3 Å².